The number of nitro benzene ring substituents is 1. The number of primary sulfonamides is 1. The Hall–Kier alpha value is -2.00. The molecule has 1 aromatic carbocycles. The van der Waals surface area contributed by atoms with E-state index in [2.05, 4.69) is 0 Å². The Labute approximate surface area is 115 Å². The minimum absolute atomic E-state index is 0.103. The number of benzene rings is 1. The number of hydrogen-bond donors (Lipinski definition) is 1. The first-order valence-electron chi connectivity index (χ1n) is 5.78. The van der Waals surface area contributed by atoms with Crippen LogP contribution in [0.15, 0.2) is 18.2 Å². The number of carbonyl (C=O) groups excluding carboxylic acids is 1. The van der Waals surface area contributed by atoms with Crippen molar-refractivity contribution in [1.82, 2.24) is 0 Å². The molecule has 1 unspecified atom stereocenters. The van der Waals surface area contributed by atoms with Crippen molar-refractivity contribution in [2.45, 2.75) is 18.6 Å². The van der Waals surface area contributed by atoms with Gasteiger partial charge in [-0.25, -0.2) is 13.6 Å². The van der Waals surface area contributed by atoms with Gasteiger partial charge < -0.3 is 4.90 Å². The third-order valence-electron chi connectivity index (χ3n) is 3.24. The molecule has 108 valence electrons. The summed E-state index contributed by atoms with van der Waals surface area (Å²) in [5, 5.41) is 15.1. The fraction of sp³-hybridized carbons (Fsp3) is 0.364. The molecule has 0 radical (unpaired) electrons. The van der Waals surface area contributed by atoms with Crippen LogP contribution in [0.4, 0.5) is 11.4 Å². The molecule has 1 aromatic rings. The van der Waals surface area contributed by atoms with Gasteiger partial charge in [-0.1, -0.05) is 12.1 Å². The van der Waals surface area contributed by atoms with Crippen LogP contribution in [0.5, 0.6) is 0 Å². The quantitative estimate of drug-likeness (QED) is 0.635. The molecular formula is C11H13N3O5S. The van der Waals surface area contributed by atoms with Crippen LogP contribution >= 0.6 is 0 Å². The molecule has 8 nitrogen and oxygen atoms in total. The molecule has 9 heteroatoms. The Balaban J connectivity index is 2.46. The highest BCUT2D eigenvalue weighted by molar-refractivity contribution is 7.89. The smallest absolute Gasteiger partial charge is 0.295 e. The van der Waals surface area contributed by atoms with E-state index >= 15 is 0 Å². The van der Waals surface area contributed by atoms with Gasteiger partial charge >= 0.3 is 0 Å². The Bertz CT molecular complexity index is 685. The molecule has 1 atom stereocenters. The SMILES string of the molecule is Cc1cccc(N2CC(S(N)(=O)=O)CC2=O)c1[N+](=O)[O-]. The molecule has 1 aliphatic heterocycles. The summed E-state index contributed by atoms with van der Waals surface area (Å²) in [5.74, 6) is -0.488. The predicted molar refractivity (Wildman–Crippen MR) is 71.7 cm³/mol. The molecule has 1 amide bonds. The highest BCUT2D eigenvalue weighted by atomic mass is 32.2. The van der Waals surface area contributed by atoms with Crippen molar-refractivity contribution in [3.63, 3.8) is 0 Å². The molecule has 1 aliphatic rings. The molecule has 0 aliphatic carbocycles. The van der Waals surface area contributed by atoms with E-state index in [0.29, 0.717) is 5.56 Å². The second-order valence-corrected chi connectivity index (χ2v) is 6.46. The van der Waals surface area contributed by atoms with Gasteiger partial charge in [0, 0.05) is 18.5 Å². The topological polar surface area (TPSA) is 124 Å². The zero-order chi connectivity index (χ0) is 15.1. The summed E-state index contributed by atoms with van der Waals surface area (Å²) < 4.78 is 22.6. The fourth-order valence-corrected chi connectivity index (χ4v) is 2.96. The van der Waals surface area contributed by atoms with Gasteiger partial charge in [0.25, 0.3) is 5.69 Å². The monoisotopic (exact) mass is 299 g/mol. The van der Waals surface area contributed by atoms with E-state index in [1.54, 1.807) is 19.1 Å². The second kappa shape index (κ2) is 4.84. The minimum atomic E-state index is -3.85. The molecular weight excluding hydrogens is 286 g/mol. The second-order valence-electron chi connectivity index (χ2n) is 4.62. The van der Waals surface area contributed by atoms with Gasteiger partial charge in [-0.3, -0.25) is 14.9 Å². The summed E-state index contributed by atoms with van der Waals surface area (Å²) in [6.07, 6.45) is -0.260. The van der Waals surface area contributed by atoms with Crippen molar-refractivity contribution < 1.29 is 18.1 Å². The third-order valence-corrected chi connectivity index (χ3v) is 4.49. The van der Waals surface area contributed by atoms with Crippen molar-refractivity contribution in [2.24, 2.45) is 5.14 Å². The molecule has 1 heterocycles. The van der Waals surface area contributed by atoms with Gasteiger partial charge in [0.2, 0.25) is 15.9 Å². The lowest BCUT2D eigenvalue weighted by atomic mass is 10.1. The molecule has 2 rings (SSSR count). The van der Waals surface area contributed by atoms with Crippen LogP contribution in [-0.2, 0) is 14.8 Å². The summed E-state index contributed by atoms with van der Waals surface area (Å²) >= 11 is 0. The van der Waals surface area contributed by atoms with E-state index < -0.39 is 26.1 Å². The maximum absolute atomic E-state index is 11.9. The lowest BCUT2D eigenvalue weighted by molar-refractivity contribution is -0.384. The Morgan fingerprint density at radius 1 is 1.45 bits per heavy atom. The van der Waals surface area contributed by atoms with E-state index in [0.717, 1.165) is 4.90 Å². The number of nitrogens with two attached hydrogens (primary N) is 1. The maximum atomic E-state index is 11.9. The van der Waals surface area contributed by atoms with Gasteiger partial charge in [0.05, 0.1) is 4.92 Å². The minimum Gasteiger partial charge on any atom is -0.305 e. The van der Waals surface area contributed by atoms with Crippen LogP contribution in [0.1, 0.15) is 12.0 Å². The number of rotatable bonds is 3. The van der Waals surface area contributed by atoms with Gasteiger partial charge in [0.15, 0.2) is 0 Å². The first-order chi connectivity index (χ1) is 9.21. The van der Waals surface area contributed by atoms with Crippen LogP contribution in [0.3, 0.4) is 0 Å². The van der Waals surface area contributed by atoms with Crippen LogP contribution in [0.25, 0.3) is 0 Å². The van der Waals surface area contributed by atoms with Crippen molar-refractivity contribution >= 4 is 27.3 Å². The Kier molecular flexibility index (Phi) is 3.48. The van der Waals surface area contributed by atoms with Gasteiger partial charge in [-0.15, -0.1) is 0 Å². The number of nitro groups is 1. The number of para-hydroxylation sites is 1. The number of nitrogens with zero attached hydrogens (tertiary/aromatic N) is 2. The Morgan fingerprint density at radius 3 is 2.60 bits per heavy atom. The summed E-state index contributed by atoms with van der Waals surface area (Å²) in [4.78, 5) is 23.5. The molecule has 1 saturated heterocycles. The highest BCUT2D eigenvalue weighted by Gasteiger charge is 2.39. The summed E-state index contributed by atoms with van der Waals surface area (Å²) in [6.45, 7) is 1.39. The van der Waals surface area contributed by atoms with Gasteiger partial charge in [-0.05, 0) is 13.0 Å². The van der Waals surface area contributed by atoms with Crippen LogP contribution in [-0.4, -0.2) is 31.0 Å². The first-order valence-corrected chi connectivity index (χ1v) is 7.38. The predicted octanol–water partition coefficient (Wildman–Crippen LogP) is 0.297. The largest absolute Gasteiger partial charge is 0.305 e. The average Bonchev–Trinajstić information content (AvgIpc) is 2.70. The van der Waals surface area contributed by atoms with Gasteiger partial charge in [0.1, 0.15) is 10.9 Å². The van der Waals surface area contributed by atoms with Crippen molar-refractivity contribution in [2.75, 3.05) is 11.4 Å². The number of carbonyl (C=O) groups is 1. The standard InChI is InChI=1S/C11H13N3O5S/c1-7-3-2-4-9(11(7)14(16)17)13-6-8(5-10(13)15)20(12,18)19/h2-4,8H,5-6H2,1H3,(H2,12,18,19). The average molecular weight is 299 g/mol. The van der Waals surface area contributed by atoms with Crippen LogP contribution < -0.4 is 10.0 Å². The zero-order valence-electron chi connectivity index (χ0n) is 10.6. The van der Waals surface area contributed by atoms with Crippen LogP contribution in [0.2, 0.25) is 0 Å². The summed E-state index contributed by atoms with van der Waals surface area (Å²) in [5.41, 5.74) is 0.307. The lowest BCUT2D eigenvalue weighted by Gasteiger charge is -2.17. The molecule has 0 spiro atoms. The number of amides is 1. The number of anilines is 1. The molecule has 20 heavy (non-hydrogen) atoms. The van der Waals surface area contributed by atoms with Crippen molar-refractivity contribution in [3.8, 4) is 0 Å². The molecule has 0 aromatic heterocycles. The zero-order valence-corrected chi connectivity index (χ0v) is 11.5. The Morgan fingerprint density at radius 2 is 2.10 bits per heavy atom. The number of hydrogen-bond acceptors (Lipinski definition) is 5. The first kappa shape index (κ1) is 14.4. The van der Waals surface area contributed by atoms with E-state index in [1.165, 1.54) is 6.07 Å². The van der Waals surface area contributed by atoms with E-state index in [9.17, 15) is 23.3 Å². The maximum Gasteiger partial charge on any atom is 0.295 e. The fourth-order valence-electron chi connectivity index (χ4n) is 2.23. The van der Waals surface area contributed by atoms with E-state index in [-0.39, 0.29) is 24.3 Å². The molecule has 2 N–H and O–H groups in total. The highest BCUT2D eigenvalue weighted by Crippen LogP contribution is 2.34. The molecule has 1 fully saturated rings. The number of aryl methyl sites for hydroxylation is 1. The van der Waals surface area contributed by atoms with Crippen LogP contribution in [0, 0.1) is 17.0 Å². The number of sulfonamides is 1. The van der Waals surface area contributed by atoms with Crippen molar-refractivity contribution in [1.29, 1.82) is 0 Å². The summed E-state index contributed by atoms with van der Waals surface area (Å²) in [6, 6.07) is 4.56. The third kappa shape index (κ3) is 2.49. The normalized spacial score (nSPS) is 19.4. The van der Waals surface area contributed by atoms with Gasteiger partial charge in [-0.2, -0.15) is 0 Å². The van der Waals surface area contributed by atoms with E-state index in [1.807, 2.05) is 0 Å². The van der Waals surface area contributed by atoms with E-state index in [4.69, 9.17) is 5.14 Å². The lowest BCUT2D eigenvalue weighted by Crippen LogP contribution is -2.32. The molecule has 0 bridgehead atoms. The van der Waals surface area contributed by atoms with Crippen molar-refractivity contribution in [3.05, 3.63) is 33.9 Å². The molecule has 0 saturated carbocycles. The summed E-state index contributed by atoms with van der Waals surface area (Å²) in [7, 11) is -3.85.